The lowest BCUT2D eigenvalue weighted by Gasteiger charge is -2.45. The Balaban J connectivity index is 2.31. The number of hydrogen-bond donors (Lipinski definition) is 1. The quantitative estimate of drug-likeness (QED) is 0.910. The van der Waals surface area contributed by atoms with Crippen molar-refractivity contribution in [3.8, 4) is 5.75 Å². The van der Waals surface area contributed by atoms with Crippen molar-refractivity contribution in [1.82, 2.24) is 5.32 Å². The number of piperazine rings is 1. The zero-order chi connectivity index (χ0) is 14.0. The van der Waals surface area contributed by atoms with Gasteiger partial charge in [0.1, 0.15) is 0 Å². The van der Waals surface area contributed by atoms with Gasteiger partial charge in [-0.3, -0.25) is 0 Å². The first-order valence-corrected chi connectivity index (χ1v) is 6.82. The van der Waals surface area contributed by atoms with Gasteiger partial charge in [-0.15, -0.1) is 0 Å². The molecule has 1 saturated heterocycles. The second-order valence-electron chi connectivity index (χ2n) is 5.77. The van der Waals surface area contributed by atoms with Crippen molar-refractivity contribution in [3.05, 3.63) is 24.0 Å². The average molecular weight is 266 g/mol. The van der Waals surface area contributed by atoms with E-state index in [9.17, 15) is 4.39 Å². The SMILES string of the molecule is CCC1CNC(C)(C)CN1c1ccc(F)c(OC)c1. The molecule has 19 heavy (non-hydrogen) atoms. The van der Waals surface area contributed by atoms with E-state index in [1.54, 1.807) is 6.07 Å². The molecule has 1 aliphatic rings. The second kappa shape index (κ2) is 5.37. The maximum atomic E-state index is 13.5. The molecule has 0 amide bonds. The molecule has 1 aliphatic heterocycles. The van der Waals surface area contributed by atoms with Crippen LogP contribution in [-0.2, 0) is 0 Å². The van der Waals surface area contributed by atoms with E-state index in [4.69, 9.17) is 4.74 Å². The minimum Gasteiger partial charge on any atom is -0.494 e. The van der Waals surface area contributed by atoms with Gasteiger partial charge in [0, 0.05) is 36.4 Å². The monoisotopic (exact) mass is 266 g/mol. The van der Waals surface area contributed by atoms with Crippen LogP contribution in [0.4, 0.5) is 10.1 Å². The molecule has 2 rings (SSSR count). The summed E-state index contributed by atoms with van der Waals surface area (Å²) in [4.78, 5) is 2.35. The molecule has 0 aliphatic carbocycles. The maximum Gasteiger partial charge on any atom is 0.165 e. The van der Waals surface area contributed by atoms with Crippen LogP contribution in [-0.4, -0.2) is 31.8 Å². The van der Waals surface area contributed by atoms with Crippen molar-refractivity contribution in [2.24, 2.45) is 0 Å². The molecule has 1 aromatic carbocycles. The van der Waals surface area contributed by atoms with Crippen LogP contribution >= 0.6 is 0 Å². The molecule has 4 heteroatoms. The molecule has 1 aromatic rings. The number of ether oxygens (including phenoxy) is 1. The highest BCUT2D eigenvalue weighted by atomic mass is 19.1. The Morgan fingerprint density at radius 1 is 1.47 bits per heavy atom. The molecule has 0 radical (unpaired) electrons. The molecule has 0 aromatic heterocycles. The van der Waals surface area contributed by atoms with Crippen LogP contribution < -0.4 is 15.0 Å². The van der Waals surface area contributed by atoms with Gasteiger partial charge in [0.05, 0.1) is 7.11 Å². The second-order valence-corrected chi connectivity index (χ2v) is 5.77. The van der Waals surface area contributed by atoms with Crippen LogP contribution in [0.2, 0.25) is 0 Å². The molecule has 1 N–H and O–H groups in total. The topological polar surface area (TPSA) is 24.5 Å². The standard InChI is InChI=1S/C15H23FN2O/c1-5-11-9-17-15(2,3)10-18(11)12-6-7-13(16)14(8-12)19-4/h6-8,11,17H,5,9-10H2,1-4H3. The van der Waals surface area contributed by atoms with Crippen molar-refractivity contribution in [2.75, 3.05) is 25.1 Å². The van der Waals surface area contributed by atoms with E-state index in [1.165, 1.54) is 13.2 Å². The largest absolute Gasteiger partial charge is 0.494 e. The lowest BCUT2D eigenvalue weighted by atomic mass is 9.97. The van der Waals surface area contributed by atoms with Crippen LogP contribution in [0.3, 0.4) is 0 Å². The van der Waals surface area contributed by atoms with Crippen LogP contribution in [0.5, 0.6) is 5.75 Å². The number of methoxy groups -OCH3 is 1. The predicted molar refractivity (Wildman–Crippen MR) is 76.5 cm³/mol. The summed E-state index contributed by atoms with van der Waals surface area (Å²) in [6, 6.07) is 5.54. The number of hydrogen-bond acceptors (Lipinski definition) is 3. The molecule has 106 valence electrons. The molecule has 0 bridgehead atoms. The zero-order valence-electron chi connectivity index (χ0n) is 12.2. The first-order valence-electron chi connectivity index (χ1n) is 6.82. The predicted octanol–water partition coefficient (Wildman–Crippen LogP) is 2.80. The lowest BCUT2D eigenvalue weighted by Crippen LogP contribution is -2.61. The molecule has 1 heterocycles. The van der Waals surface area contributed by atoms with E-state index in [0.29, 0.717) is 11.8 Å². The van der Waals surface area contributed by atoms with Gasteiger partial charge in [-0.1, -0.05) is 6.92 Å². The van der Waals surface area contributed by atoms with E-state index in [0.717, 1.165) is 25.2 Å². The van der Waals surface area contributed by atoms with Crippen LogP contribution in [0.1, 0.15) is 27.2 Å². The minimum atomic E-state index is -0.311. The molecule has 1 atom stereocenters. The van der Waals surface area contributed by atoms with Gasteiger partial charge in [-0.05, 0) is 32.4 Å². The van der Waals surface area contributed by atoms with Crippen LogP contribution in [0.15, 0.2) is 18.2 Å². The highest BCUT2D eigenvalue weighted by Crippen LogP contribution is 2.29. The summed E-state index contributed by atoms with van der Waals surface area (Å²) in [7, 11) is 1.50. The minimum absolute atomic E-state index is 0.0628. The lowest BCUT2D eigenvalue weighted by molar-refractivity contribution is 0.305. The smallest absolute Gasteiger partial charge is 0.165 e. The third-order valence-corrected chi connectivity index (χ3v) is 3.76. The Morgan fingerprint density at radius 2 is 2.21 bits per heavy atom. The Bertz CT molecular complexity index is 448. The van der Waals surface area contributed by atoms with E-state index in [1.807, 2.05) is 6.07 Å². The summed E-state index contributed by atoms with van der Waals surface area (Å²) in [6.07, 6.45) is 1.06. The van der Waals surface area contributed by atoms with E-state index in [-0.39, 0.29) is 11.4 Å². The fraction of sp³-hybridized carbons (Fsp3) is 0.600. The summed E-state index contributed by atoms with van der Waals surface area (Å²) in [6.45, 7) is 8.40. The average Bonchev–Trinajstić information content (AvgIpc) is 2.38. The fourth-order valence-electron chi connectivity index (χ4n) is 2.61. The summed E-state index contributed by atoms with van der Waals surface area (Å²) in [5, 5.41) is 3.55. The summed E-state index contributed by atoms with van der Waals surface area (Å²) in [5.41, 5.74) is 1.09. The first-order chi connectivity index (χ1) is 8.96. The molecule has 0 saturated carbocycles. The van der Waals surface area contributed by atoms with Gasteiger partial charge < -0.3 is 15.0 Å². The summed E-state index contributed by atoms with van der Waals surface area (Å²) in [5.74, 6) is -0.00242. The van der Waals surface area contributed by atoms with Crippen LogP contribution in [0, 0.1) is 5.82 Å². The van der Waals surface area contributed by atoms with Gasteiger partial charge in [0.15, 0.2) is 11.6 Å². The summed E-state index contributed by atoms with van der Waals surface area (Å²) >= 11 is 0. The van der Waals surface area contributed by atoms with Crippen molar-refractivity contribution >= 4 is 5.69 Å². The Morgan fingerprint density at radius 3 is 2.84 bits per heavy atom. The normalized spacial score (nSPS) is 22.4. The van der Waals surface area contributed by atoms with Gasteiger partial charge in [-0.2, -0.15) is 0 Å². The van der Waals surface area contributed by atoms with Crippen molar-refractivity contribution < 1.29 is 9.13 Å². The third kappa shape index (κ3) is 3.00. The highest BCUT2D eigenvalue weighted by Gasteiger charge is 2.31. The van der Waals surface area contributed by atoms with Crippen LogP contribution in [0.25, 0.3) is 0 Å². The van der Waals surface area contributed by atoms with E-state index < -0.39 is 0 Å². The maximum absolute atomic E-state index is 13.5. The number of anilines is 1. The number of nitrogens with one attached hydrogen (secondary N) is 1. The number of benzene rings is 1. The van der Waals surface area contributed by atoms with Gasteiger partial charge >= 0.3 is 0 Å². The first kappa shape index (κ1) is 14.1. The number of nitrogens with zero attached hydrogens (tertiary/aromatic N) is 1. The van der Waals surface area contributed by atoms with Gasteiger partial charge in [0.25, 0.3) is 0 Å². The van der Waals surface area contributed by atoms with Crippen molar-refractivity contribution in [2.45, 2.75) is 38.8 Å². The molecule has 3 nitrogen and oxygen atoms in total. The Kier molecular flexibility index (Phi) is 3.99. The van der Waals surface area contributed by atoms with E-state index in [2.05, 4.69) is 31.0 Å². The fourth-order valence-corrected chi connectivity index (χ4v) is 2.61. The molecule has 1 unspecified atom stereocenters. The number of halogens is 1. The van der Waals surface area contributed by atoms with Gasteiger partial charge in [0.2, 0.25) is 0 Å². The molecule has 1 fully saturated rings. The summed E-state index contributed by atoms with van der Waals surface area (Å²) < 4.78 is 18.6. The van der Waals surface area contributed by atoms with Gasteiger partial charge in [-0.25, -0.2) is 4.39 Å². The van der Waals surface area contributed by atoms with Crippen molar-refractivity contribution in [1.29, 1.82) is 0 Å². The highest BCUT2D eigenvalue weighted by molar-refractivity contribution is 5.53. The molecular formula is C15H23FN2O. The Labute approximate surface area is 114 Å². The third-order valence-electron chi connectivity index (χ3n) is 3.76. The van der Waals surface area contributed by atoms with Crippen molar-refractivity contribution in [3.63, 3.8) is 0 Å². The van der Waals surface area contributed by atoms with E-state index >= 15 is 0 Å². The molecular weight excluding hydrogens is 243 g/mol. The Hall–Kier alpha value is -1.29. The zero-order valence-corrected chi connectivity index (χ0v) is 12.2. The molecule has 0 spiro atoms. The number of rotatable bonds is 3.